The molecule has 19 nitrogen and oxygen atoms in total. The number of aldehydes is 1. The predicted molar refractivity (Wildman–Crippen MR) is 159 cm³/mol. The molecule has 19 heteroatoms. The number of amides is 1. The number of hydrogen-bond donors (Lipinski definition) is 9. The van der Waals surface area contributed by atoms with Crippen LogP contribution in [0, 0.1) is 6.92 Å². The molecule has 2 aromatic rings. The summed E-state index contributed by atoms with van der Waals surface area (Å²) < 4.78 is 39.1. The molecule has 3 saturated heterocycles. The smallest absolute Gasteiger partial charge is 0.336 e. The summed E-state index contributed by atoms with van der Waals surface area (Å²) in [5.41, 5.74) is 0.298. The third-order valence-electron chi connectivity index (χ3n) is 8.45. The van der Waals surface area contributed by atoms with Crippen LogP contribution in [0.25, 0.3) is 11.0 Å². The summed E-state index contributed by atoms with van der Waals surface area (Å²) in [4.78, 5) is 35.2. The quantitative estimate of drug-likeness (QED) is 0.0845. The molecule has 1 aromatic carbocycles. The molecule has 5 rings (SSSR count). The number of ether oxygens (including phenoxy) is 6. The van der Waals surface area contributed by atoms with E-state index < -0.39 is 111 Å². The van der Waals surface area contributed by atoms with Crippen molar-refractivity contribution in [3.8, 4) is 5.75 Å². The number of carbonyl (C=O) groups excluding carboxylic acids is 2. The number of benzene rings is 1. The standard InChI is InChI=1S/C30H39NO18/c1-10-3-20(37)43-15-6-16(13(4-12(10)15)31-11(2)35)44-21-5-14(36)27(19(9-34)45-21)48-30-26(42)28(23(39)18(8-33)47-30)49-29-25(41)24(40)22(38)17(7-32)46-29/h3-4,6-7,14,17-19,21-30,33-34,36,38-42H,5,8-9H2,1-2H3,(H,31,35)/t14-,17-,18-,19-,21-,22+,23+,24+,25-,26-,27+,28+,29-,30+/m1/s1. The molecule has 14 atom stereocenters. The average Bonchev–Trinajstić information content (AvgIpc) is 3.05. The Morgan fingerprint density at radius 2 is 1.55 bits per heavy atom. The number of hydrogen-bond acceptors (Lipinski definition) is 18. The van der Waals surface area contributed by atoms with Gasteiger partial charge in [-0.25, -0.2) is 4.79 Å². The van der Waals surface area contributed by atoms with E-state index in [2.05, 4.69) is 5.32 Å². The summed E-state index contributed by atoms with van der Waals surface area (Å²) in [6.45, 7) is 1.37. The van der Waals surface area contributed by atoms with Crippen LogP contribution in [0.1, 0.15) is 18.9 Å². The van der Waals surface area contributed by atoms with E-state index in [0.29, 0.717) is 10.9 Å². The van der Waals surface area contributed by atoms with Crippen LogP contribution in [0.3, 0.4) is 0 Å². The van der Waals surface area contributed by atoms with Gasteiger partial charge < -0.3 is 83.8 Å². The van der Waals surface area contributed by atoms with Crippen LogP contribution in [-0.4, -0.2) is 152 Å². The van der Waals surface area contributed by atoms with Gasteiger partial charge in [0, 0.05) is 30.9 Å². The fourth-order valence-corrected chi connectivity index (χ4v) is 5.92. The minimum atomic E-state index is -1.93. The molecule has 9 N–H and O–H groups in total. The molecule has 0 unspecified atom stereocenters. The largest absolute Gasteiger partial charge is 0.463 e. The zero-order chi connectivity index (χ0) is 35.7. The van der Waals surface area contributed by atoms with Gasteiger partial charge in [-0.05, 0) is 18.6 Å². The zero-order valence-electron chi connectivity index (χ0n) is 26.2. The molecule has 0 saturated carbocycles. The molecular formula is C30H39NO18. The second kappa shape index (κ2) is 15.4. The first-order chi connectivity index (χ1) is 23.3. The molecule has 49 heavy (non-hydrogen) atoms. The van der Waals surface area contributed by atoms with Gasteiger partial charge in [0.2, 0.25) is 12.2 Å². The summed E-state index contributed by atoms with van der Waals surface area (Å²) in [5.74, 6) is -0.427. The van der Waals surface area contributed by atoms with Gasteiger partial charge >= 0.3 is 5.63 Å². The van der Waals surface area contributed by atoms with E-state index in [0.717, 1.165) is 0 Å². The van der Waals surface area contributed by atoms with Crippen LogP contribution in [0.2, 0.25) is 0 Å². The molecule has 3 aliphatic rings. The van der Waals surface area contributed by atoms with Crippen molar-refractivity contribution in [2.75, 3.05) is 18.5 Å². The topological polar surface area (TPSA) is 294 Å². The van der Waals surface area contributed by atoms with Gasteiger partial charge in [0.15, 0.2) is 18.9 Å². The zero-order valence-corrected chi connectivity index (χ0v) is 26.2. The van der Waals surface area contributed by atoms with E-state index in [-0.39, 0.29) is 29.7 Å². The van der Waals surface area contributed by atoms with Crippen LogP contribution >= 0.6 is 0 Å². The second-order valence-corrected chi connectivity index (χ2v) is 12.0. The Kier molecular flexibility index (Phi) is 11.7. The normalized spacial score (nSPS) is 38.2. The van der Waals surface area contributed by atoms with Crippen molar-refractivity contribution < 1.29 is 83.3 Å². The predicted octanol–water partition coefficient (Wildman–Crippen LogP) is -3.88. The Hall–Kier alpha value is -3.15. The fourth-order valence-electron chi connectivity index (χ4n) is 5.92. The highest BCUT2D eigenvalue weighted by Crippen LogP contribution is 2.36. The molecule has 1 aromatic heterocycles. The van der Waals surface area contributed by atoms with Gasteiger partial charge in [0.05, 0.1) is 25.0 Å². The first-order valence-electron chi connectivity index (χ1n) is 15.3. The Bertz CT molecular complexity index is 1540. The highest BCUT2D eigenvalue weighted by Gasteiger charge is 2.52. The van der Waals surface area contributed by atoms with E-state index >= 15 is 0 Å². The SMILES string of the molecule is CC(=O)Nc1cc2c(C)cc(=O)oc2cc1O[C@H]1C[C@@H](O)[C@H](O[C@@H]2O[C@H](CO)[C@H](O)[C@H](O[C@H]3O[C@H](C=O)[C@H](O)[C@H](O)[C@H]3O)[C@H]2O)[C@@H](CO)O1. The van der Waals surface area contributed by atoms with Gasteiger partial charge in [-0.1, -0.05) is 0 Å². The average molecular weight is 702 g/mol. The Labute approximate surface area is 277 Å². The van der Waals surface area contributed by atoms with Crippen LogP contribution in [-0.2, 0) is 33.3 Å². The third kappa shape index (κ3) is 7.78. The number of aryl methyl sites for hydroxylation is 1. The van der Waals surface area contributed by atoms with E-state index in [1.54, 1.807) is 6.92 Å². The lowest BCUT2D eigenvalue weighted by Gasteiger charge is -2.47. The van der Waals surface area contributed by atoms with Crippen molar-refractivity contribution in [2.24, 2.45) is 0 Å². The van der Waals surface area contributed by atoms with Crippen molar-refractivity contribution in [2.45, 2.75) is 106 Å². The number of rotatable bonds is 10. The molecule has 0 spiro atoms. The number of fused-ring (bicyclic) bond motifs is 1. The minimum absolute atomic E-state index is 0.0112. The number of aliphatic hydroxyl groups is 8. The van der Waals surface area contributed by atoms with Crippen molar-refractivity contribution in [1.29, 1.82) is 0 Å². The summed E-state index contributed by atoms with van der Waals surface area (Å²) in [7, 11) is 0. The molecular weight excluding hydrogens is 662 g/mol. The monoisotopic (exact) mass is 701 g/mol. The van der Waals surface area contributed by atoms with E-state index in [1.807, 2.05) is 0 Å². The van der Waals surface area contributed by atoms with Crippen LogP contribution in [0.15, 0.2) is 27.4 Å². The summed E-state index contributed by atoms with van der Waals surface area (Å²) in [6, 6.07) is 4.17. The molecule has 272 valence electrons. The van der Waals surface area contributed by atoms with Crippen LogP contribution < -0.4 is 15.7 Å². The fraction of sp³-hybridized carbons (Fsp3) is 0.633. The maximum absolute atomic E-state index is 12.0. The van der Waals surface area contributed by atoms with Gasteiger partial charge in [0.1, 0.15) is 72.4 Å². The van der Waals surface area contributed by atoms with Gasteiger partial charge in [0.25, 0.3) is 0 Å². The summed E-state index contributed by atoms with van der Waals surface area (Å²) >= 11 is 0. The lowest BCUT2D eigenvalue weighted by atomic mass is 9.96. The number of aliphatic hydroxyl groups excluding tert-OH is 8. The molecule has 0 radical (unpaired) electrons. The van der Waals surface area contributed by atoms with Crippen molar-refractivity contribution in [3.05, 3.63) is 34.2 Å². The Morgan fingerprint density at radius 3 is 2.20 bits per heavy atom. The first-order valence-corrected chi connectivity index (χ1v) is 15.3. The second-order valence-electron chi connectivity index (χ2n) is 12.0. The van der Waals surface area contributed by atoms with E-state index in [9.17, 15) is 55.2 Å². The van der Waals surface area contributed by atoms with Crippen LogP contribution in [0.5, 0.6) is 5.75 Å². The summed E-state index contributed by atoms with van der Waals surface area (Å²) in [5, 5.41) is 86.5. The third-order valence-corrected chi connectivity index (χ3v) is 8.45. The van der Waals surface area contributed by atoms with Crippen molar-refractivity contribution >= 4 is 28.8 Å². The lowest BCUT2D eigenvalue weighted by Crippen LogP contribution is -2.65. The molecule has 3 aliphatic heterocycles. The number of anilines is 1. The molecule has 1 amide bonds. The van der Waals surface area contributed by atoms with Crippen LogP contribution in [0.4, 0.5) is 5.69 Å². The van der Waals surface area contributed by atoms with Gasteiger partial charge in [-0.15, -0.1) is 0 Å². The number of carbonyl (C=O) groups is 2. The van der Waals surface area contributed by atoms with Gasteiger partial charge in [-0.3, -0.25) is 4.79 Å². The Balaban J connectivity index is 1.32. The first kappa shape index (κ1) is 37.1. The highest BCUT2D eigenvalue weighted by atomic mass is 16.8. The minimum Gasteiger partial charge on any atom is -0.463 e. The maximum Gasteiger partial charge on any atom is 0.336 e. The molecule has 0 bridgehead atoms. The molecule has 4 heterocycles. The van der Waals surface area contributed by atoms with Crippen molar-refractivity contribution in [1.82, 2.24) is 0 Å². The van der Waals surface area contributed by atoms with Gasteiger partial charge in [-0.2, -0.15) is 0 Å². The van der Waals surface area contributed by atoms with E-state index in [4.69, 9.17) is 32.8 Å². The lowest BCUT2D eigenvalue weighted by molar-refractivity contribution is -0.369. The number of nitrogens with one attached hydrogen (secondary N) is 1. The maximum atomic E-state index is 12.0. The molecule has 3 fully saturated rings. The van der Waals surface area contributed by atoms with Crippen molar-refractivity contribution in [3.63, 3.8) is 0 Å². The molecule has 0 aliphatic carbocycles. The highest BCUT2D eigenvalue weighted by molar-refractivity contribution is 5.95. The van der Waals surface area contributed by atoms with E-state index in [1.165, 1.54) is 25.1 Å². The Morgan fingerprint density at radius 1 is 0.878 bits per heavy atom. The summed E-state index contributed by atoms with van der Waals surface area (Å²) in [6.07, 6.45) is -23.4.